The van der Waals surface area contributed by atoms with Crippen molar-refractivity contribution < 1.29 is 28.9 Å². The van der Waals surface area contributed by atoms with Gasteiger partial charge in [0.1, 0.15) is 11.9 Å². The molecule has 0 saturated heterocycles. The fraction of sp³-hybridized carbons (Fsp3) is 0.562. The van der Waals surface area contributed by atoms with Gasteiger partial charge in [-0.3, -0.25) is 14.5 Å². The summed E-state index contributed by atoms with van der Waals surface area (Å²) in [6, 6.07) is 11.3. The minimum Gasteiger partial charge on any atom is -0.488 e. The topological polar surface area (TPSA) is 101 Å². The molecule has 9 heteroatoms. The lowest BCUT2D eigenvalue weighted by molar-refractivity contribution is -0.134. The number of carbonyl (C=O) groups excluding carboxylic acids is 2. The van der Waals surface area contributed by atoms with Crippen LogP contribution in [0.25, 0.3) is 0 Å². The first kappa shape index (κ1) is 29.2. The number of fused-ring (bicyclic) bond motifs is 2. The Hall–Kier alpha value is -3.30. The molecule has 2 heterocycles. The molecule has 41 heavy (non-hydrogen) atoms. The molecule has 1 aliphatic carbocycles. The van der Waals surface area contributed by atoms with Gasteiger partial charge in [0, 0.05) is 42.7 Å². The minimum absolute atomic E-state index is 0.00350. The molecular formula is C32H43N3O6. The van der Waals surface area contributed by atoms with Gasteiger partial charge >= 0.3 is 0 Å². The molecule has 2 N–H and O–H groups in total. The summed E-state index contributed by atoms with van der Waals surface area (Å²) >= 11 is 0. The molecule has 1 fully saturated rings. The van der Waals surface area contributed by atoms with Crippen LogP contribution in [0, 0.1) is 11.8 Å². The molecule has 3 aliphatic rings. The monoisotopic (exact) mass is 565 g/mol. The van der Waals surface area contributed by atoms with Crippen molar-refractivity contribution in [2.24, 2.45) is 11.8 Å². The van der Waals surface area contributed by atoms with Crippen LogP contribution in [-0.4, -0.2) is 72.4 Å². The lowest BCUT2D eigenvalue weighted by atomic mass is 9.88. The smallest absolute Gasteiger partial charge is 0.231 e. The predicted molar refractivity (Wildman–Crippen MR) is 156 cm³/mol. The predicted octanol–water partition coefficient (Wildman–Crippen LogP) is 4.22. The van der Waals surface area contributed by atoms with Gasteiger partial charge in [-0.1, -0.05) is 32.3 Å². The molecule has 222 valence electrons. The molecule has 0 radical (unpaired) electrons. The van der Waals surface area contributed by atoms with Gasteiger partial charge < -0.3 is 29.5 Å². The van der Waals surface area contributed by atoms with E-state index in [0.29, 0.717) is 31.1 Å². The van der Waals surface area contributed by atoms with Gasteiger partial charge in [0.15, 0.2) is 11.5 Å². The third-order valence-electron chi connectivity index (χ3n) is 8.54. The number of amides is 2. The highest BCUT2D eigenvalue weighted by Crippen LogP contribution is 2.33. The molecule has 2 amide bonds. The van der Waals surface area contributed by atoms with Crippen LogP contribution in [-0.2, 0) is 22.6 Å². The molecule has 0 bridgehead atoms. The molecule has 5 rings (SSSR count). The first-order valence-electron chi connectivity index (χ1n) is 14.9. The normalized spacial score (nSPS) is 21.9. The average molecular weight is 566 g/mol. The summed E-state index contributed by atoms with van der Waals surface area (Å²) in [6.45, 7) is 5.89. The third kappa shape index (κ3) is 7.13. The number of hydrogen-bond donors (Lipinski definition) is 2. The second-order valence-electron chi connectivity index (χ2n) is 11.9. The molecule has 2 aromatic carbocycles. The van der Waals surface area contributed by atoms with Gasteiger partial charge in [-0.25, -0.2) is 0 Å². The highest BCUT2D eigenvalue weighted by molar-refractivity contribution is 5.93. The first-order chi connectivity index (χ1) is 19.8. The fourth-order valence-corrected chi connectivity index (χ4v) is 6.06. The van der Waals surface area contributed by atoms with Crippen molar-refractivity contribution in [1.82, 2.24) is 9.80 Å². The second kappa shape index (κ2) is 13.1. The van der Waals surface area contributed by atoms with E-state index >= 15 is 0 Å². The zero-order valence-electron chi connectivity index (χ0n) is 24.4. The van der Waals surface area contributed by atoms with Crippen LogP contribution in [0.3, 0.4) is 0 Å². The average Bonchev–Trinajstić information content (AvgIpc) is 3.45. The van der Waals surface area contributed by atoms with Crippen molar-refractivity contribution in [3.8, 4) is 17.2 Å². The maximum atomic E-state index is 13.5. The summed E-state index contributed by atoms with van der Waals surface area (Å²) in [4.78, 5) is 30.4. The van der Waals surface area contributed by atoms with Crippen molar-refractivity contribution in [3.63, 3.8) is 0 Å². The number of nitrogens with one attached hydrogen (secondary N) is 1. The van der Waals surface area contributed by atoms with Crippen LogP contribution in [0.1, 0.15) is 57.1 Å². The first-order valence-corrected chi connectivity index (χ1v) is 14.9. The van der Waals surface area contributed by atoms with Crippen LogP contribution in [0.4, 0.5) is 5.69 Å². The number of aliphatic hydroxyl groups is 1. The Bertz CT molecular complexity index is 1230. The van der Waals surface area contributed by atoms with Crippen LogP contribution < -0.4 is 19.5 Å². The number of rotatable bonds is 8. The molecule has 3 atom stereocenters. The molecule has 0 spiro atoms. The van der Waals surface area contributed by atoms with Crippen LogP contribution in [0.5, 0.6) is 17.2 Å². The van der Waals surface area contributed by atoms with Crippen LogP contribution in [0.2, 0.25) is 0 Å². The quantitative estimate of drug-likeness (QED) is 0.495. The molecule has 0 unspecified atom stereocenters. The van der Waals surface area contributed by atoms with E-state index in [1.807, 2.05) is 43.3 Å². The van der Waals surface area contributed by atoms with Gasteiger partial charge in [0.25, 0.3) is 0 Å². The lowest BCUT2D eigenvalue weighted by Crippen LogP contribution is -2.47. The van der Waals surface area contributed by atoms with Crippen molar-refractivity contribution in [3.05, 3.63) is 47.5 Å². The van der Waals surface area contributed by atoms with E-state index in [4.69, 9.17) is 14.2 Å². The van der Waals surface area contributed by atoms with E-state index in [1.54, 1.807) is 4.90 Å². The standard InChI is InChI=1S/C32H43N3O6/c1-21-16-35(22(2)19-36)31(37)15-25-14-26(33-32(38)24-7-5-4-6-8-24)10-12-27(25)41-30(21)18-34(3)17-23-9-11-28-29(13-23)40-20-39-28/h9-14,21-22,24,30,36H,4-8,15-20H2,1-3H3,(H,33,38)/t21-,22-,30-/m1/s1. The number of aliphatic hydroxyl groups excluding tert-OH is 1. The molecule has 2 aromatic rings. The van der Waals surface area contributed by atoms with Crippen molar-refractivity contribution in [1.29, 1.82) is 0 Å². The molecule has 1 saturated carbocycles. The van der Waals surface area contributed by atoms with Gasteiger partial charge in [-0.2, -0.15) is 0 Å². The summed E-state index contributed by atoms with van der Waals surface area (Å²) in [6.07, 6.45) is 5.14. The van der Waals surface area contributed by atoms with E-state index in [1.165, 1.54) is 6.42 Å². The maximum absolute atomic E-state index is 13.5. The molecule has 9 nitrogen and oxygen atoms in total. The number of benzene rings is 2. The summed E-state index contributed by atoms with van der Waals surface area (Å²) in [5.41, 5.74) is 2.53. The minimum atomic E-state index is -0.312. The molecular weight excluding hydrogens is 522 g/mol. The maximum Gasteiger partial charge on any atom is 0.231 e. The number of carbonyl (C=O) groups is 2. The van der Waals surface area contributed by atoms with Crippen LogP contribution >= 0.6 is 0 Å². The highest BCUT2D eigenvalue weighted by Gasteiger charge is 2.31. The van der Waals surface area contributed by atoms with Gasteiger partial charge in [-0.05, 0) is 62.7 Å². The Morgan fingerprint density at radius 2 is 1.85 bits per heavy atom. The number of likely N-dealkylation sites (N-methyl/N-ethyl adjacent to an activating group) is 1. The fourth-order valence-electron chi connectivity index (χ4n) is 6.06. The molecule has 2 aliphatic heterocycles. The van der Waals surface area contributed by atoms with E-state index in [-0.39, 0.29) is 55.6 Å². The van der Waals surface area contributed by atoms with Gasteiger partial charge in [0.2, 0.25) is 18.6 Å². The van der Waals surface area contributed by atoms with Gasteiger partial charge in [0.05, 0.1) is 19.1 Å². The Kier molecular flexibility index (Phi) is 9.35. The van der Waals surface area contributed by atoms with Crippen molar-refractivity contribution >= 4 is 17.5 Å². The third-order valence-corrected chi connectivity index (χ3v) is 8.54. The zero-order valence-corrected chi connectivity index (χ0v) is 24.4. The largest absolute Gasteiger partial charge is 0.488 e. The summed E-state index contributed by atoms with van der Waals surface area (Å²) in [5, 5.41) is 13.0. The van der Waals surface area contributed by atoms with Crippen molar-refractivity contribution in [2.45, 2.75) is 71.1 Å². The van der Waals surface area contributed by atoms with E-state index in [0.717, 1.165) is 48.3 Å². The highest BCUT2D eigenvalue weighted by atomic mass is 16.7. The second-order valence-corrected chi connectivity index (χ2v) is 11.9. The van der Waals surface area contributed by atoms with E-state index < -0.39 is 0 Å². The Balaban J connectivity index is 1.35. The Morgan fingerprint density at radius 1 is 1.10 bits per heavy atom. The van der Waals surface area contributed by atoms with Crippen molar-refractivity contribution in [2.75, 3.05) is 38.9 Å². The Labute approximate surface area is 242 Å². The number of hydrogen-bond acceptors (Lipinski definition) is 7. The van der Waals surface area contributed by atoms with Gasteiger partial charge in [-0.15, -0.1) is 0 Å². The summed E-state index contributed by atoms with van der Waals surface area (Å²) < 4.78 is 17.6. The number of nitrogens with zero attached hydrogens (tertiary/aromatic N) is 2. The Morgan fingerprint density at radius 3 is 2.63 bits per heavy atom. The zero-order chi connectivity index (χ0) is 28.9. The summed E-state index contributed by atoms with van der Waals surface area (Å²) in [5.74, 6) is 2.21. The SMILES string of the molecule is C[C@@H]1CN([C@H](C)CO)C(=O)Cc2cc(NC(=O)C3CCCCC3)ccc2O[C@@H]1CN(C)Cc1ccc2c(c1)OCO2. The number of anilines is 1. The van der Waals surface area contributed by atoms with E-state index in [9.17, 15) is 14.7 Å². The number of ether oxygens (including phenoxy) is 3. The van der Waals surface area contributed by atoms with Crippen LogP contribution in [0.15, 0.2) is 36.4 Å². The summed E-state index contributed by atoms with van der Waals surface area (Å²) in [7, 11) is 2.05. The van der Waals surface area contributed by atoms with E-state index in [2.05, 4.69) is 24.2 Å². The molecule has 0 aromatic heterocycles. The lowest BCUT2D eigenvalue weighted by Gasteiger charge is -2.34.